The van der Waals surface area contributed by atoms with Gasteiger partial charge in [0.05, 0.1) is 13.2 Å². The van der Waals surface area contributed by atoms with Crippen molar-refractivity contribution in [1.29, 1.82) is 0 Å². The molecule has 0 radical (unpaired) electrons. The first-order chi connectivity index (χ1) is 14.1. The Kier molecular flexibility index (Phi) is 5.53. The number of hydrogen-bond donors (Lipinski definition) is 0. The first-order valence-electron chi connectivity index (χ1n) is 9.59. The normalized spacial score (nSPS) is 14.4. The molecule has 1 aromatic carbocycles. The van der Waals surface area contributed by atoms with Gasteiger partial charge in [-0.15, -0.1) is 11.3 Å². The van der Waals surface area contributed by atoms with Gasteiger partial charge in [-0.1, -0.05) is 18.2 Å². The summed E-state index contributed by atoms with van der Waals surface area (Å²) >= 11 is 1.53. The van der Waals surface area contributed by atoms with E-state index in [-0.39, 0.29) is 17.8 Å². The van der Waals surface area contributed by atoms with Crippen LogP contribution in [-0.2, 0) is 11.3 Å². The SMILES string of the molecule is CCOC(=O)N1CCN(C(=O)c2cc3ccsc3n2Cc2ccccc2F)CC1. The van der Waals surface area contributed by atoms with E-state index in [1.165, 1.54) is 17.4 Å². The summed E-state index contributed by atoms with van der Waals surface area (Å²) in [5.74, 6) is -0.388. The zero-order valence-electron chi connectivity index (χ0n) is 16.1. The molecule has 0 aliphatic carbocycles. The molecule has 1 fully saturated rings. The minimum Gasteiger partial charge on any atom is -0.450 e. The van der Waals surface area contributed by atoms with Gasteiger partial charge in [-0.05, 0) is 30.5 Å². The largest absolute Gasteiger partial charge is 0.450 e. The van der Waals surface area contributed by atoms with Gasteiger partial charge in [-0.2, -0.15) is 0 Å². The van der Waals surface area contributed by atoms with Gasteiger partial charge in [0.25, 0.3) is 5.91 Å². The molecule has 0 spiro atoms. The van der Waals surface area contributed by atoms with Crippen LogP contribution in [0.1, 0.15) is 23.0 Å². The summed E-state index contributed by atoms with van der Waals surface area (Å²) in [6.45, 7) is 4.15. The van der Waals surface area contributed by atoms with Gasteiger partial charge in [0.2, 0.25) is 0 Å². The van der Waals surface area contributed by atoms with E-state index in [4.69, 9.17) is 4.74 Å². The van der Waals surface area contributed by atoms with Crippen LogP contribution in [0.5, 0.6) is 0 Å². The highest BCUT2D eigenvalue weighted by Gasteiger charge is 2.28. The number of nitrogens with zero attached hydrogens (tertiary/aromatic N) is 3. The molecule has 4 rings (SSSR count). The van der Waals surface area contributed by atoms with Crippen molar-refractivity contribution in [2.45, 2.75) is 13.5 Å². The molecule has 29 heavy (non-hydrogen) atoms. The second kappa shape index (κ2) is 8.24. The molecule has 1 saturated heterocycles. The van der Waals surface area contributed by atoms with Crippen molar-refractivity contribution in [3.05, 3.63) is 58.9 Å². The molecule has 0 unspecified atom stereocenters. The molecule has 0 saturated carbocycles. The van der Waals surface area contributed by atoms with Crippen molar-refractivity contribution in [2.75, 3.05) is 32.8 Å². The molecule has 1 aliphatic heterocycles. The first-order valence-corrected chi connectivity index (χ1v) is 10.5. The number of carbonyl (C=O) groups is 2. The van der Waals surface area contributed by atoms with Crippen molar-refractivity contribution < 1.29 is 18.7 Å². The Labute approximate surface area is 172 Å². The van der Waals surface area contributed by atoms with Crippen LogP contribution in [0.15, 0.2) is 41.8 Å². The summed E-state index contributed by atoms with van der Waals surface area (Å²) < 4.78 is 21.1. The maximum absolute atomic E-state index is 14.2. The van der Waals surface area contributed by atoms with Crippen molar-refractivity contribution in [3.8, 4) is 0 Å². The number of amides is 2. The van der Waals surface area contributed by atoms with Crippen LogP contribution in [0.4, 0.5) is 9.18 Å². The molecule has 6 nitrogen and oxygen atoms in total. The Morgan fingerprint density at radius 2 is 1.83 bits per heavy atom. The number of benzene rings is 1. The van der Waals surface area contributed by atoms with Gasteiger partial charge in [0, 0.05) is 37.1 Å². The summed E-state index contributed by atoms with van der Waals surface area (Å²) in [4.78, 5) is 29.4. The number of rotatable bonds is 4. The van der Waals surface area contributed by atoms with E-state index in [9.17, 15) is 14.0 Å². The highest BCUT2D eigenvalue weighted by molar-refractivity contribution is 7.16. The van der Waals surface area contributed by atoms with Crippen molar-refractivity contribution in [3.63, 3.8) is 0 Å². The molecular weight excluding hydrogens is 393 g/mol. The van der Waals surface area contributed by atoms with Gasteiger partial charge < -0.3 is 19.1 Å². The summed E-state index contributed by atoms with van der Waals surface area (Å²) in [6, 6.07) is 10.5. The van der Waals surface area contributed by atoms with Crippen molar-refractivity contribution >= 4 is 33.6 Å². The number of ether oxygens (including phenoxy) is 1. The van der Waals surface area contributed by atoms with E-state index in [2.05, 4.69) is 0 Å². The monoisotopic (exact) mass is 415 g/mol. The van der Waals surface area contributed by atoms with Crippen LogP contribution in [0.25, 0.3) is 10.2 Å². The second-order valence-corrected chi connectivity index (χ2v) is 7.76. The second-order valence-electron chi connectivity index (χ2n) is 6.87. The molecule has 152 valence electrons. The Morgan fingerprint density at radius 1 is 1.10 bits per heavy atom. The summed E-state index contributed by atoms with van der Waals surface area (Å²) in [6.07, 6.45) is -0.344. The van der Waals surface area contributed by atoms with Crippen LogP contribution in [0.3, 0.4) is 0 Å². The van der Waals surface area contributed by atoms with Gasteiger partial charge in [-0.3, -0.25) is 4.79 Å². The van der Waals surface area contributed by atoms with Crippen LogP contribution in [0, 0.1) is 5.82 Å². The fraction of sp³-hybridized carbons (Fsp3) is 0.333. The Hall–Kier alpha value is -2.87. The van der Waals surface area contributed by atoms with E-state index < -0.39 is 0 Å². The number of aromatic nitrogens is 1. The van der Waals surface area contributed by atoms with E-state index in [0.29, 0.717) is 50.6 Å². The molecule has 2 aromatic heterocycles. The molecule has 8 heteroatoms. The average Bonchev–Trinajstić information content (AvgIpc) is 3.32. The third-order valence-corrected chi connectivity index (χ3v) is 6.05. The third-order valence-electron chi connectivity index (χ3n) is 5.10. The fourth-order valence-corrected chi connectivity index (χ4v) is 4.47. The van der Waals surface area contributed by atoms with Crippen LogP contribution in [0.2, 0.25) is 0 Å². The summed E-state index contributed by atoms with van der Waals surface area (Å²) in [5.41, 5.74) is 1.08. The minimum atomic E-state index is -0.344. The molecule has 3 heterocycles. The first kappa shape index (κ1) is 19.4. The number of carbonyl (C=O) groups excluding carboxylic acids is 2. The zero-order valence-corrected chi connectivity index (χ0v) is 17.0. The molecular formula is C21H22FN3O3S. The molecule has 2 amide bonds. The van der Waals surface area contributed by atoms with E-state index >= 15 is 0 Å². The van der Waals surface area contributed by atoms with Gasteiger partial charge in [0.15, 0.2) is 0 Å². The molecule has 0 atom stereocenters. The Balaban J connectivity index is 1.56. The minimum absolute atomic E-state index is 0.103. The predicted octanol–water partition coefficient (Wildman–Crippen LogP) is 3.80. The standard InChI is InChI=1S/C21H22FN3O3S/c1-2-28-21(27)24-10-8-23(9-11-24)19(26)18-13-15-7-12-29-20(15)25(18)14-16-5-3-4-6-17(16)22/h3-7,12-13H,2,8-11,14H2,1H3. The quantitative estimate of drug-likeness (QED) is 0.651. The van der Waals surface area contributed by atoms with E-state index in [1.54, 1.807) is 34.9 Å². The lowest BCUT2D eigenvalue weighted by atomic mass is 10.2. The Morgan fingerprint density at radius 3 is 2.55 bits per heavy atom. The molecule has 0 N–H and O–H groups in total. The molecule has 3 aromatic rings. The number of thiophene rings is 1. The predicted molar refractivity (Wildman–Crippen MR) is 110 cm³/mol. The van der Waals surface area contributed by atoms with Gasteiger partial charge in [0.1, 0.15) is 16.3 Å². The highest BCUT2D eigenvalue weighted by Crippen LogP contribution is 2.28. The van der Waals surface area contributed by atoms with Crippen LogP contribution >= 0.6 is 11.3 Å². The van der Waals surface area contributed by atoms with Gasteiger partial charge in [-0.25, -0.2) is 9.18 Å². The lowest BCUT2D eigenvalue weighted by Gasteiger charge is -2.34. The highest BCUT2D eigenvalue weighted by atomic mass is 32.1. The average molecular weight is 415 g/mol. The zero-order chi connectivity index (χ0) is 20.4. The maximum atomic E-state index is 14.2. The maximum Gasteiger partial charge on any atom is 0.409 e. The number of hydrogen-bond acceptors (Lipinski definition) is 4. The summed E-state index contributed by atoms with van der Waals surface area (Å²) in [7, 11) is 0. The Bertz CT molecular complexity index is 1040. The smallest absolute Gasteiger partial charge is 0.409 e. The number of fused-ring (bicyclic) bond motifs is 1. The molecule has 1 aliphatic rings. The number of piperazine rings is 1. The van der Waals surface area contributed by atoms with Crippen LogP contribution in [-0.4, -0.2) is 59.2 Å². The van der Waals surface area contributed by atoms with Crippen LogP contribution < -0.4 is 0 Å². The fourth-order valence-electron chi connectivity index (χ4n) is 3.58. The van der Waals surface area contributed by atoms with E-state index in [0.717, 1.165) is 10.2 Å². The molecule has 0 bridgehead atoms. The third kappa shape index (κ3) is 3.85. The number of halogens is 1. The summed E-state index contributed by atoms with van der Waals surface area (Å²) in [5, 5.41) is 2.94. The van der Waals surface area contributed by atoms with Crippen molar-refractivity contribution in [2.24, 2.45) is 0 Å². The lowest BCUT2D eigenvalue weighted by Crippen LogP contribution is -2.51. The van der Waals surface area contributed by atoms with Gasteiger partial charge >= 0.3 is 6.09 Å². The van der Waals surface area contributed by atoms with Crippen molar-refractivity contribution in [1.82, 2.24) is 14.4 Å². The lowest BCUT2D eigenvalue weighted by molar-refractivity contribution is 0.0563. The van der Waals surface area contributed by atoms with E-state index in [1.807, 2.05) is 22.1 Å². The topological polar surface area (TPSA) is 54.8 Å².